The Morgan fingerprint density at radius 1 is 1.39 bits per heavy atom. The van der Waals surface area contributed by atoms with E-state index in [1.165, 1.54) is 4.88 Å². The van der Waals surface area contributed by atoms with Gasteiger partial charge in [-0.25, -0.2) is 0 Å². The maximum atomic E-state index is 12.0. The van der Waals surface area contributed by atoms with Crippen LogP contribution in [0.3, 0.4) is 0 Å². The number of amides is 1. The highest BCUT2D eigenvalue weighted by Gasteiger charge is 2.11. The Balaban J connectivity index is 2.06. The second-order valence-corrected chi connectivity index (χ2v) is 5.68. The zero-order valence-electron chi connectivity index (χ0n) is 9.87. The van der Waals surface area contributed by atoms with Gasteiger partial charge in [-0.2, -0.15) is 0 Å². The van der Waals surface area contributed by atoms with E-state index in [0.29, 0.717) is 22.8 Å². The average molecular weight is 281 g/mol. The summed E-state index contributed by atoms with van der Waals surface area (Å²) < 4.78 is 0. The van der Waals surface area contributed by atoms with Crippen LogP contribution in [0, 0.1) is 6.92 Å². The largest absolute Gasteiger partial charge is 0.397 e. The number of nitrogens with two attached hydrogens (primary N) is 1. The van der Waals surface area contributed by atoms with Gasteiger partial charge in [0.2, 0.25) is 0 Å². The van der Waals surface area contributed by atoms with E-state index >= 15 is 0 Å². The molecule has 0 saturated heterocycles. The van der Waals surface area contributed by atoms with E-state index in [4.69, 9.17) is 17.3 Å². The first kappa shape index (κ1) is 12.9. The van der Waals surface area contributed by atoms with Crippen molar-refractivity contribution in [2.24, 2.45) is 0 Å². The first-order chi connectivity index (χ1) is 8.58. The van der Waals surface area contributed by atoms with Crippen molar-refractivity contribution in [3.8, 4) is 0 Å². The minimum Gasteiger partial charge on any atom is -0.397 e. The number of para-hydroxylation sites is 1. The summed E-state index contributed by atoms with van der Waals surface area (Å²) in [5.41, 5.74) is 6.50. The van der Waals surface area contributed by atoms with Gasteiger partial charge in [0.15, 0.2) is 0 Å². The summed E-state index contributed by atoms with van der Waals surface area (Å²) in [7, 11) is 0. The molecule has 1 heterocycles. The number of hydrogen-bond donors (Lipinski definition) is 2. The summed E-state index contributed by atoms with van der Waals surface area (Å²) in [6.45, 7) is 2.54. The predicted octanol–water partition coefficient (Wildman–Crippen LogP) is 3.22. The van der Waals surface area contributed by atoms with Crippen LogP contribution in [-0.2, 0) is 6.54 Å². The van der Waals surface area contributed by atoms with Crippen LogP contribution in [0.5, 0.6) is 0 Å². The summed E-state index contributed by atoms with van der Waals surface area (Å²) >= 11 is 7.54. The van der Waals surface area contributed by atoms with Crippen molar-refractivity contribution in [3.05, 3.63) is 50.7 Å². The monoisotopic (exact) mass is 280 g/mol. The number of carbonyl (C=O) groups is 1. The van der Waals surface area contributed by atoms with E-state index in [1.807, 2.05) is 19.1 Å². The first-order valence-electron chi connectivity index (χ1n) is 5.45. The zero-order valence-corrected chi connectivity index (χ0v) is 11.4. The van der Waals surface area contributed by atoms with Gasteiger partial charge in [-0.05, 0) is 31.2 Å². The summed E-state index contributed by atoms with van der Waals surface area (Å²) in [4.78, 5) is 14.3. The standard InChI is InChI=1S/C13H13ClN2OS/c1-8-5-6-9(18-8)7-16-13(17)10-3-2-4-11(14)12(10)15/h2-6H,7,15H2,1H3,(H,16,17). The lowest BCUT2D eigenvalue weighted by Crippen LogP contribution is -2.23. The Hall–Kier alpha value is -1.52. The molecule has 1 aromatic carbocycles. The number of aryl methyl sites for hydroxylation is 1. The van der Waals surface area contributed by atoms with Crippen LogP contribution in [0.15, 0.2) is 30.3 Å². The van der Waals surface area contributed by atoms with Crippen LogP contribution < -0.4 is 11.1 Å². The Bertz CT molecular complexity index is 580. The van der Waals surface area contributed by atoms with Crippen LogP contribution in [0.4, 0.5) is 5.69 Å². The Morgan fingerprint density at radius 3 is 2.83 bits per heavy atom. The van der Waals surface area contributed by atoms with E-state index in [0.717, 1.165) is 4.88 Å². The Morgan fingerprint density at radius 2 is 2.17 bits per heavy atom. The third-order valence-electron chi connectivity index (χ3n) is 2.52. The summed E-state index contributed by atoms with van der Waals surface area (Å²) in [6.07, 6.45) is 0. The second kappa shape index (κ2) is 5.42. The van der Waals surface area contributed by atoms with Gasteiger partial charge >= 0.3 is 0 Å². The highest BCUT2D eigenvalue weighted by atomic mass is 35.5. The molecule has 0 unspecified atom stereocenters. The molecule has 5 heteroatoms. The van der Waals surface area contributed by atoms with Crippen molar-refractivity contribution >= 4 is 34.5 Å². The van der Waals surface area contributed by atoms with Gasteiger partial charge in [0.25, 0.3) is 5.91 Å². The van der Waals surface area contributed by atoms with Crippen LogP contribution >= 0.6 is 22.9 Å². The molecule has 0 bridgehead atoms. The number of benzene rings is 1. The van der Waals surface area contributed by atoms with E-state index < -0.39 is 0 Å². The fraction of sp³-hybridized carbons (Fsp3) is 0.154. The minimum absolute atomic E-state index is 0.207. The quantitative estimate of drug-likeness (QED) is 0.848. The highest BCUT2D eigenvalue weighted by Crippen LogP contribution is 2.22. The maximum Gasteiger partial charge on any atom is 0.253 e. The molecule has 1 aromatic heterocycles. The van der Waals surface area contributed by atoms with E-state index in [9.17, 15) is 4.79 Å². The molecule has 2 rings (SSSR count). The average Bonchev–Trinajstić information content (AvgIpc) is 2.76. The van der Waals surface area contributed by atoms with Crippen molar-refractivity contribution in [3.63, 3.8) is 0 Å². The van der Waals surface area contributed by atoms with Crippen LogP contribution in [0.1, 0.15) is 20.1 Å². The number of carbonyl (C=O) groups excluding carboxylic acids is 1. The number of thiophene rings is 1. The zero-order chi connectivity index (χ0) is 13.1. The fourth-order valence-corrected chi connectivity index (χ4v) is 2.58. The van der Waals surface area contributed by atoms with Crippen molar-refractivity contribution in [2.45, 2.75) is 13.5 Å². The van der Waals surface area contributed by atoms with Crippen LogP contribution in [0.2, 0.25) is 5.02 Å². The lowest BCUT2D eigenvalue weighted by Gasteiger charge is -2.07. The Kier molecular flexibility index (Phi) is 3.89. The molecule has 94 valence electrons. The SMILES string of the molecule is Cc1ccc(CNC(=O)c2cccc(Cl)c2N)s1. The third-order valence-corrected chi connectivity index (χ3v) is 3.85. The smallest absolute Gasteiger partial charge is 0.253 e. The normalized spacial score (nSPS) is 10.3. The molecule has 1 amide bonds. The van der Waals surface area contributed by atoms with Crippen LogP contribution in [0.25, 0.3) is 0 Å². The predicted molar refractivity (Wildman–Crippen MR) is 76.1 cm³/mol. The number of nitrogen functional groups attached to an aromatic ring is 1. The van der Waals surface area contributed by atoms with Crippen molar-refractivity contribution in [2.75, 3.05) is 5.73 Å². The lowest BCUT2D eigenvalue weighted by molar-refractivity contribution is 0.0952. The molecular formula is C13H13ClN2OS. The molecule has 0 aliphatic rings. The Labute approximate surface area is 115 Å². The van der Waals surface area contributed by atoms with Gasteiger partial charge in [0.05, 0.1) is 22.8 Å². The molecule has 3 N–H and O–H groups in total. The van der Waals surface area contributed by atoms with Crippen molar-refractivity contribution in [1.82, 2.24) is 5.32 Å². The van der Waals surface area contributed by atoms with Crippen molar-refractivity contribution in [1.29, 1.82) is 0 Å². The minimum atomic E-state index is -0.207. The molecule has 0 atom stereocenters. The number of anilines is 1. The first-order valence-corrected chi connectivity index (χ1v) is 6.65. The molecule has 18 heavy (non-hydrogen) atoms. The van der Waals surface area contributed by atoms with E-state index in [2.05, 4.69) is 5.32 Å². The molecule has 0 aliphatic carbocycles. The number of halogens is 1. The van der Waals surface area contributed by atoms with Crippen molar-refractivity contribution < 1.29 is 4.79 Å². The molecule has 2 aromatic rings. The van der Waals surface area contributed by atoms with Gasteiger partial charge in [0.1, 0.15) is 0 Å². The lowest BCUT2D eigenvalue weighted by atomic mass is 10.1. The van der Waals surface area contributed by atoms with Crippen LogP contribution in [-0.4, -0.2) is 5.91 Å². The molecule has 0 saturated carbocycles. The maximum absolute atomic E-state index is 12.0. The summed E-state index contributed by atoms with van der Waals surface area (Å²) in [6, 6.07) is 9.07. The van der Waals surface area contributed by atoms with Gasteiger partial charge in [-0.1, -0.05) is 17.7 Å². The fourth-order valence-electron chi connectivity index (χ4n) is 1.58. The van der Waals surface area contributed by atoms with Gasteiger partial charge in [-0.15, -0.1) is 11.3 Å². The van der Waals surface area contributed by atoms with Gasteiger partial charge < -0.3 is 11.1 Å². The molecule has 0 aliphatic heterocycles. The molecule has 0 fully saturated rings. The summed E-state index contributed by atoms with van der Waals surface area (Å²) in [5.74, 6) is -0.207. The molecular weight excluding hydrogens is 268 g/mol. The van der Waals surface area contributed by atoms with Gasteiger partial charge in [0, 0.05) is 9.75 Å². The topological polar surface area (TPSA) is 55.1 Å². The van der Waals surface area contributed by atoms with Gasteiger partial charge in [-0.3, -0.25) is 4.79 Å². The van der Waals surface area contributed by atoms with E-state index in [-0.39, 0.29) is 5.91 Å². The number of rotatable bonds is 3. The highest BCUT2D eigenvalue weighted by molar-refractivity contribution is 7.11. The second-order valence-electron chi connectivity index (χ2n) is 3.90. The molecule has 0 radical (unpaired) electrons. The number of nitrogens with one attached hydrogen (secondary N) is 1. The molecule has 0 spiro atoms. The molecule has 3 nitrogen and oxygen atoms in total. The summed E-state index contributed by atoms with van der Waals surface area (Å²) in [5, 5.41) is 3.23. The number of hydrogen-bond acceptors (Lipinski definition) is 3. The van der Waals surface area contributed by atoms with E-state index in [1.54, 1.807) is 29.5 Å². The third kappa shape index (κ3) is 2.83.